The molecule has 2 aromatic carbocycles. The lowest BCUT2D eigenvalue weighted by Gasteiger charge is -2.17. The Hall–Kier alpha value is -3.29. The van der Waals surface area contributed by atoms with Crippen molar-refractivity contribution in [1.29, 1.82) is 0 Å². The molecule has 2 aromatic rings. The molecule has 8 heteroatoms. The number of aromatic carboxylic acids is 1. The van der Waals surface area contributed by atoms with Crippen LogP contribution in [0.2, 0.25) is 0 Å². The van der Waals surface area contributed by atoms with Gasteiger partial charge in [0.15, 0.2) is 0 Å². The van der Waals surface area contributed by atoms with E-state index in [0.717, 1.165) is 16.5 Å². The number of hydrogen-bond donors (Lipinski definition) is 2. The van der Waals surface area contributed by atoms with Gasteiger partial charge in [0.05, 0.1) is 17.2 Å². The molecule has 1 aliphatic heterocycles. The van der Waals surface area contributed by atoms with Gasteiger partial charge >= 0.3 is 5.97 Å². The number of carboxylic acids is 1. The van der Waals surface area contributed by atoms with E-state index in [1.807, 2.05) is 0 Å². The molecule has 1 atom stereocenters. The van der Waals surface area contributed by atoms with E-state index in [2.05, 4.69) is 5.32 Å². The highest BCUT2D eigenvalue weighted by molar-refractivity contribution is 6.00. The smallest absolute Gasteiger partial charge is 0.335 e. The molecule has 2 N–H and O–H groups in total. The second-order valence-electron chi connectivity index (χ2n) is 6.54. The number of anilines is 1. The molecule has 146 valence electrons. The molecular weight excluding hydrogens is 370 g/mol. The molecule has 6 nitrogen and oxygen atoms in total. The fraction of sp³-hybridized carbons (Fsp3) is 0.250. The van der Waals surface area contributed by atoms with Gasteiger partial charge in [0.2, 0.25) is 11.8 Å². The van der Waals surface area contributed by atoms with Crippen molar-refractivity contribution in [2.75, 3.05) is 18.0 Å². The van der Waals surface area contributed by atoms with Crippen LogP contribution in [0.4, 0.5) is 14.5 Å². The third kappa shape index (κ3) is 4.33. The largest absolute Gasteiger partial charge is 0.478 e. The molecule has 1 heterocycles. The van der Waals surface area contributed by atoms with Crippen LogP contribution in [0.1, 0.15) is 22.3 Å². The molecule has 0 aromatic heterocycles. The lowest BCUT2D eigenvalue weighted by Crippen LogP contribution is -2.34. The lowest BCUT2D eigenvalue weighted by molar-refractivity contribution is -0.126. The highest BCUT2D eigenvalue weighted by atomic mass is 19.1. The Labute approximate surface area is 159 Å². The van der Waals surface area contributed by atoms with Crippen LogP contribution < -0.4 is 10.2 Å². The van der Waals surface area contributed by atoms with Gasteiger partial charge in [-0.1, -0.05) is 12.1 Å². The summed E-state index contributed by atoms with van der Waals surface area (Å²) in [5.41, 5.74) is 1.01. The Kier molecular flexibility index (Phi) is 5.67. The normalized spacial score (nSPS) is 16.3. The highest BCUT2D eigenvalue weighted by Gasteiger charge is 2.36. The first-order chi connectivity index (χ1) is 13.3. The fourth-order valence-corrected chi connectivity index (χ4v) is 3.10. The first-order valence-corrected chi connectivity index (χ1v) is 8.70. The number of halogens is 2. The first kappa shape index (κ1) is 19.5. The van der Waals surface area contributed by atoms with Crippen molar-refractivity contribution < 1.29 is 28.3 Å². The van der Waals surface area contributed by atoms with Crippen LogP contribution in [0, 0.1) is 17.6 Å². The van der Waals surface area contributed by atoms with Gasteiger partial charge in [-0.2, -0.15) is 0 Å². The van der Waals surface area contributed by atoms with Crippen molar-refractivity contribution in [2.45, 2.75) is 12.8 Å². The maximum Gasteiger partial charge on any atom is 0.335 e. The number of carbonyl (C=O) groups is 3. The Bertz CT molecular complexity index is 915. The summed E-state index contributed by atoms with van der Waals surface area (Å²) in [5.74, 6) is -3.92. The minimum Gasteiger partial charge on any atom is -0.478 e. The first-order valence-electron chi connectivity index (χ1n) is 8.70. The van der Waals surface area contributed by atoms with E-state index in [1.54, 1.807) is 12.1 Å². The van der Waals surface area contributed by atoms with E-state index in [1.165, 1.54) is 18.2 Å². The maximum atomic E-state index is 13.9. The van der Waals surface area contributed by atoms with E-state index in [0.29, 0.717) is 19.0 Å². The lowest BCUT2D eigenvalue weighted by atomic mass is 10.1. The molecule has 0 aliphatic carbocycles. The van der Waals surface area contributed by atoms with Crippen molar-refractivity contribution in [3.05, 3.63) is 65.2 Å². The molecule has 1 saturated heterocycles. The van der Waals surface area contributed by atoms with Crippen molar-refractivity contribution in [3.8, 4) is 0 Å². The number of carbonyl (C=O) groups excluding carboxylic acids is 2. The average molecular weight is 388 g/mol. The van der Waals surface area contributed by atoms with Crippen molar-refractivity contribution >= 4 is 23.5 Å². The Morgan fingerprint density at radius 1 is 1.14 bits per heavy atom. The number of carboxylic acid groups (broad SMARTS) is 1. The topological polar surface area (TPSA) is 86.7 Å². The Balaban J connectivity index is 1.54. The molecule has 2 amide bonds. The predicted molar refractivity (Wildman–Crippen MR) is 96.9 cm³/mol. The second-order valence-corrected chi connectivity index (χ2v) is 6.54. The summed E-state index contributed by atoms with van der Waals surface area (Å²) >= 11 is 0. The quantitative estimate of drug-likeness (QED) is 0.796. The molecule has 3 rings (SSSR count). The van der Waals surface area contributed by atoms with E-state index < -0.39 is 29.4 Å². The summed E-state index contributed by atoms with van der Waals surface area (Å²) in [6, 6.07) is 9.28. The molecule has 28 heavy (non-hydrogen) atoms. The van der Waals surface area contributed by atoms with Crippen LogP contribution in [0.15, 0.2) is 42.5 Å². The molecule has 1 fully saturated rings. The van der Waals surface area contributed by atoms with Crippen LogP contribution in [0.25, 0.3) is 0 Å². The number of amides is 2. The summed E-state index contributed by atoms with van der Waals surface area (Å²) in [6.07, 6.45) is 0.457. The van der Waals surface area contributed by atoms with Crippen LogP contribution in [0.5, 0.6) is 0 Å². The third-order valence-corrected chi connectivity index (χ3v) is 4.61. The van der Waals surface area contributed by atoms with Crippen LogP contribution in [-0.4, -0.2) is 36.0 Å². The van der Waals surface area contributed by atoms with E-state index in [4.69, 9.17) is 5.11 Å². The van der Waals surface area contributed by atoms with E-state index in [-0.39, 0.29) is 30.1 Å². The van der Waals surface area contributed by atoms with Crippen molar-refractivity contribution in [2.24, 2.45) is 5.92 Å². The van der Waals surface area contributed by atoms with Crippen LogP contribution in [0.3, 0.4) is 0 Å². The van der Waals surface area contributed by atoms with Gasteiger partial charge in [0.25, 0.3) is 0 Å². The highest BCUT2D eigenvalue weighted by Crippen LogP contribution is 2.28. The minimum atomic E-state index is -1.01. The van der Waals surface area contributed by atoms with E-state index >= 15 is 0 Å². The maximum absolute atomic E-state index is 13.9. The third-order valence-electron chi connectivity index (χ3n) is 4.61. The second kappa shape index (κ2) is 8.16. The van der Waals surface area contributed by atoms with Gasteiger partial charge < -0.3 is 15.3 Å². The van der Waals surface area contributed by atoms with E-state index in [9.17, 15) is 23.2 Å². The van der Waals surface area contributed by atoms with Gasteiger partial charge in [-0.25, -0.2) is 13.6 Å². The zero-order valence-corrected chi connectivity index (χ0v) is 14.8. The van der Waals surface area contributed by atoms with Crippen molar-refractivity contribution in [3.63, 3.8) is 0 Å². The number of nitrogens with one attached hydrogen (secondary N) is 1. The number of nitrogens with zero attached hydrogens (tertiary/aromatic N) is 1. The fourth-order valence-electron chi connectivity index (χ4n) is 3.10. The number of benzene rings is 2. The number of rotatable bonds is 6. The van der Waals surface area contributed by atoms with Gasteiger partial charge in [0.1, 0.15) is 11.6 Å². The monoisotopic (exact) mass is 388 g/mol. The summed E-state index contributed by atoms with van der Waals surface area (Å²) in [5, 5.41) is 11.6. The van der Waals surface area contributed by atoms with Gasteiger partial charge in [-0.05, 0) is 36.2 Å². The van der Waals surface area contributed by atoms with Gasteiger partial charge in [0, 0.05) is 25.6 Å². The van der Waals surface area contributed by atoms with Crippen LogP contribution >= 0.6 is 0 Å². The van der Waals surface area contributed by atoms with Crippen molar-refractivity contribution in [1.82, 2.24) is 5.32 Å². The summed E-state index contributed by atoms with van der Waals surface area (Å²) in [6.45, 7) is 0.349. The average Bonchev–Trinajstić information content (AvgIpc) is 3.04. The Morgan fingerprint density at radius 3 is 2.50 bits per heavy atom. The Morgan fingerprint density at radius 2 is 1.86 bits per heavy atom. The molecule has 1 aliphatic rings. The zero-order valence-electron chi connectivity index (χ0n) is 14.8. The molecule has 1 unspecified atom stereocenters. The van der Waals surface area contributed by atoms with Gasteiger partial charge in [-0.3, -0.25) is 9.59 Å². The molecule has 0 radical (unpaired) electrons. The predicted octanol–water partition coefficient (Wildman–Crippen LogP) is 2.37. The molecule has 0 spiro atoms. The molecular formula is C20H18F2N2O4. The number of hydrogen-bond acceptors (Lipinski definition) is 3. The zero-order chi connectivity index (χ0) is 20.3. The molecule has 0 saturated carbocycles. The van der Waals surface area contributed by atoms with Crippen LogP contribution in [-0.2, 0) is 16.0 Å². The SMILES string of the molecule is O=C(O)c1ccc(CCNC(=O)C2CC(=O)N(c3ccc(F)cc3F)C2)cc1. The minimum absolute atomic E-state index is 0.0283. The standard InChI is InChI=1S/C20H18F2N2O4/c21-15-5-6-17(16(22)10-15)24-11-14(9-18(24)25)19(26)23-8-7-12-1-3-13(4-2-12)20(27)28/h1-6,10,14H,7-9,11H2,(H,23,26)(H,27,28). The summed E-state index contributed by atoms with van der Waals surface area (Å²) < 4.78 is 26.9. The summed E-state index contributed by atoms with van der Waals surface area (Å²) in [4.78, 5) is 36.4. The summed E-state index contributed by atoms with van der Waals surface area (Å²) in [7, 11) is 0. The van der Waals surface area contributed by atoms with Gasteiger partial charge in [-0.15, -0.1) is 0 Å². The molecule has 0 bridgehead atoms.